The van der Waals surface area contributed by atoms with Gasteiger partial charge in [0.2, 0.25) is 0 Å². The van der Waals surface area contributed by atoms with Crippen molar-refractivity contribution < 1.29 is 9.13 Å². The van der Waals surface area contributed by atoms with Crippen LogP contribution in [0.25, 0.3) is 0 Å². The first-order valence-corrected chi connectivity index (χ1v) is 7.24. The molecule has 0 unspecified atom stereocenters. The highest BCUT2D eigenvalue weighted by molar-refractivity contribution is 7.10. The summed E-state index contributed by atoms with van der Waals surface area (Å²) in [4.78, 5) is 3.85. The Kier molecular flexibility index (Phi) is 3.53. The summed E-state index contributed by atoms with van der Waals surface area (Å²) in [6.07, 6.45) is 1.10. The van der Waals surface area contributed by atoms with E-state index in [0.29, 0.717) is 5.75 Å². The molecule has 0 N–H and O–H groups in total. The van der Waals surface area contributed by atoms with Crippen molar-refractivity contribution in [3.8, 4) is 5.75 Å². The van der Waals surface area contributed by atoms with Gasteiger partial charge in [0, 0.05) is 24.5 Å². The predicted molar refractivity (Wildman–Crippen MR) is 75.1 cm³/mol. The Labute approximate surface area is 116 Å². The van der Waals surface area contributed by atoms with Crippen molar-refractivity contribution in [2.24, 2.45) is 0 Å². The van der Waals surface area contributed by atoms with Crippen LogP contribution < -0.4 is 4.74 Å². The molecule has 0 amide bonds. The Morgan fingerprint density at radius 3 is 3.05 bits per heavy atom. The van der Waals surface area contributed by atoms with Gasteiger partial charge in [0.1, 0.15) is 0 Å². The maximum Gasteiger partial charge on any atom is 0.165 e. The lowest BCUT2D eigenvalue weighted by Crippen LogP contribution is -2.29. The fourth-order valence-electron chi connectivity index (χ4n) is 2.51. The van der Waals surface area contributed by atoms with Gasteiger partial charge in [-0.2, -0.15) is 0 Å². The summed E-state index contributed by atoms with van der Waals surface area (Å²) in [6, 6.07) is 7.40. The highest BCUT2D eigenvalue weighted by Gasteiger charge is 2.17. The smallest absolute Gasteiger partial charge is 0.165 e. The highest BCUT2D eigenvalue weighted by atomic mass is 32.1. The zero-order chi connectivity index (χ0) is 13.2. The molecule has 0 atom stereocenters. The van der Waals surface area contributed by atoms with Gasteiger partial charge in [0.05, 0.1) is 7.11 Å². The fourth-order valence-corrected chi connectivity index (χ4v) is 3.40. The van der Waals surface area contributed by atoms with Crippen LogP contribution in [0.1, 0.15) is 16.0 Å². The van der Waals surface area contributed by atoms with E-state index >= 15 is 0 Å². The average Bonchev–Trinajstić information content (AvgIpc) is 2.86. The van der Waals surface area contributed by atoms with Crippen LogP contribution >= 0.6 is 11.3 Å². The zero-order valence-electron chi connectivity index (χ0n) is 10.9. The summed E-state index contributed by atoms with van der Waals surface area (Å²) in [5.74, 6) is 0.0238. The van der Waals surface area contributed by atoms with Crippen molar-refractivity contribution in [3.05, 3.63) is 51.5 Å². The lowest BCUT2D eigenvalue weighted by molar-refractivity contribution is 0.247. The number of methoxy groups -OCH3 is 1. The number of thiophene rings is 1. The monoisotopic (exact) mass is 277 g/mol. The molecule has 1 aromatic heterocycles. The minimum absolute atomic E-state index is 0.284. The van der Waals surface area contributed by atoms with Crippen LogP contribution in [-0.4, -0.2) is 18.6 Å². The second-order valence-electron chi connectivity index (χ2n) is 4.80. The fraction of sp³-hybridized carbons (Fsp3) is 0.333. The molecule has 1 aliphatic heterocycles. The zero-order valence-corrected chi connectivity index (χ0v) is 11.7. The summed E-state index contributed by atoms with van der Waals surface area (Å²) in [5.41, 5.74) is 2.42. The number of benzene rings is 1. The summed E-state index contributed by atoms with van der Waals surface area (Å²) in [5, 5.41) is 2.15. The van der Waals surface area contributed by atoms with Crippen LogP contribution in [0.3, 0.4) is 0 Å². The Morgan fingerprint density at radius 1 is 1.37 bits per heavy atom. The first kappa shape index (κ1) is 12.6. The van der Waals surface area contributed by atoms with Crippen LogP contribution in [-0.2, 0) is 19.5 Å². The second kappa shape index (κ2) is 5.31. The van der Waals surface area contributed by atoms with Gasteiger partial charge in [-0.25, -0.2) is 4.39 Å². The second-order valence-corrected chi connectivity index (χ2v) is 5.80. The van der Waals surface area contributed by atoms with E-state index in [0.717, 1.165) is 31.6 Å². The third-order valence-electron chi connectivity index (χ3n) is 3.51. The summed E-state index contributed by atoms with van der Waals surface area (Å²) >= 11 is 1.84. The van der Waals surface area contributed by atoms with Gasteiger partial charge in [-0.05, 0) is 41.1 Å². The highest BCUT2D eigenvalue weighted by Crippen LogP contribution is 2.25. The molecular formula is C15H16FNOS. The van der Waals surface area contributed by atoms with Crippen molar-refractivity contribution in [2.45, 2.75) is 19.5 Å². The van der Waals surface area contributed by atoms with E-state index in [9.17, 15) is 4.39 Å². The van der Waals surface area contributed by atoms with E-state index in [1.54, 1.807) is 12.1 Å². The molecule has 19 heavy (non-hydrogen) atoms. The van der Waals surface area contributed by atoms with E-state index in [1.807, 2.05) is 17.4 Å². The Hall–Kier alpha value is -1.39. The Bertz CT molecular complexity index is 581. The Balaban J connectivity index is 1.71. The number of fused-ring (bicyclic) bond motifs is 1. The summed E-state index contributed by atoms with van der Waals surface area (Å²) in [6.45, 7) is 2.80. The van der Waals surface area contributed by atoms with Crippen LogP contribution in [0.15, 0.2) is 29.6 Å². The van der Waals surface area contributed by atoms with Gasteiger partial charge in [-0.1, -0.05) is 6.07 Å². The van der Waals surface area contributed by atoms with E-state index in [4.69, 9.17) is 4.74 Å². The van der Waals surface area contributed by atoms with Crippen molar-refractivity contribution in [1.82, 2.24) is 4.90 Å². The maximum atomic E-state index is 13.7. The Morgan fingerprint density at radius 2 is 2.26 bits per heavy atom. The van der Waals surface area contributed by atoms with E-state index in [2.05, 4.69) is 16.3 Å². The van der Waals surface area contributed by atoms with Crippen molar-refractivity contribution in [3.63, 3.8) is 0 Å². The standard InChI is InChI=1S/C15H16FNOS/c1-18-14-3-2-11(8-13(14)16)9-17-6-4-15-12(10-17)5-7-19-15/h2-3,5,7-8H,4,6,9-10H2,1H3. The molecule has 2 nitrogen and oxygen atoms in total. The van der Waals surface area contributed by atoms with Gasteiger partial charge in [-0.15, -0.1) is 11.3 Å². The molecule has 0 bridgehead atoms. The predicted octanol–water partition coefficient (Wildman–Crippen LogP) is 3.45. The van der Waals surface area contributed by atoms with Crippen molar-refractivity contribution in [2.75, 3.05) is 13.7 Å². The third-order valence-corrected chi connectivity index (χ3v) is 4.53. The third kappa shape index (κ3) is 2.65. The molecule has 2 heterocycles. The first-order chi connectivity index (χ1) is 9.26. The molecule has 4 heteroatoms. The molecule has 3 rings (SSSR count). The molecule has 0 saturated carbocycles. The lowest BCUT2D eigenvalue weighted by atomic mass is 10.1. The number of hydrogen-bond acceptors (Lipinski definition) is 3. The SMILES string of the molecule is COc1ccc(CN2CCc3sccc3C2)cc1F. The number of rotatable bonds is 3. The molecule has 0 spiro atoms. The molecule has 1 aliphatic rings. The summed E-state index contributed by atoms with van der Waals surface area (Å²) < 4.78 is 18.6. The lowest BCUT2D eigenvalue weighted by Gasteiger charge is -2.26. The molecule has 0 aliphatic carbocycles. The topological polar surface area (TPSA) is 12.5 Å². The van der Waals surface area contributed by atoms with Crippen molar-refractivity contribution >= 4 is 11.3 Å². The van der Waals surface area contributed by atoms with E-state index in [1.165, 1.54) is 17.6 Å². The summed E-state index contributed by atoms with van der Waals surface area (Å²) in [7, 11) is 1.49. The van der Waals surface area contributed by atoms with Gasteiger partial charge in [0.15, 0.2) is 11.6 Å². The van der Waals surface area contributed by atoms with E-state index < -0.39 is 0 Å². The van der Waals surface area contributed by atoms with Crippen LogP contribution in [0.2, 0.25) is 0 Å². The minimum atomic E-state index is -0.284. The molecule has 0 radical (unpaired) electrons. The molecule has 2 aromatic rings. The molecule has 100 valence electrons. The van der Waals surface area contributed by atoms with Gasteiger partial charge >= 0.3 is 0 Å². The van der Waals surface area contributed by atoms with Gasteiger partial charge in [-0.3, -0.25) is 4.90 Å². The molecular weight excluding hydrogens is 261 g/mol. The van der Waals surface area contributed by atoms with Crippen LogP contribution in [0.4, 0.5) is 4.39 Å². The quantitative estimate of drug-likeness (QED) is 0.852. The average molecular weight is 277 g/mol. The maximum absolute atomic E-state index is 13.7. The van der Waals surface area contributed by atoms with Crippen LogP contribution in [0, 0.1) is 5.82 Å². The van der Waals surface area contributed by atoms with Crippen molar-refractivity contribution in [1.29, 1.82) is 0 Å². The number of halogens is 1. The molecule has 1 aromatic carbocycles. The van der Waals surface area contributed by atoms with Gasteiger partial charge < -0.3 is 4.74 Å². The van der Waals surface area contributed by atoms with Gasteiger partial charge in [0.25, 0.3) is 0 Å². The first-order valence-electron chi connectivity index (χ1n) is 6.36. The number of nitrogens with zero attached hydrogens (tertiary/aromatic N) is 1. The normalized spacial score (nSPS) is 15.3. The molecule has 0 saturated heterocycles. The number of ether oxygens (including phenoxy) is 1. The number of hydrogen-bond donors (Lipinski definition) is 0. The van der Waals surface area contributed by atoms with E-state index in [-0.39, 0.29) is 5.82 Å². The molecule has 0 fully saturated rings. The van der Waals surface area contributed by atoms with Crippen LogP contribution in [0.5, 0.6) is 5.75 Å². The minimum Gasteiger partial charge on any atom is -0.494 e. The largest absolute Gasteiger partial charge is 0.494 e.